The molecule has 4 heteroatoms. The van der Waals surface area contributed by atoms with E-state index < -0.39 is 0 Å². The zero-order chi connectivity index (χ0) is 12.4. The molecule has 0 fully saturated rings. The van der Waals surface area contributed by atoms with E-state index in [1.54, 1.807) is 20.4 Å². The number of hydrogen-bond donors (Lipinski definition) is 0. The summed E-state index contributed by atoms with van der Waals surface area (Å²) in [4.78, 5) is 0. The summed E-state index contributed by atoms with van der Waals surface area (Å²) < 4.78 is 10.6. The quantitative estimate of drug-likeness (QED) is 0.816. The third-order valence-corrected chi connectivity index (χ3v) is 2.80. The highest BCUT2D eigenvalue weighted by Crippen LogP contribution is 2.34. The second-order valence-corrected chi connectivity index (χ2v) is 4.18. The molecule has 0 atom stereocenters. The minimum Gasteiger partial charge on any atom is -0.493 e. The summed E-state index contributed by atoms with van der Waals surface area (Å²) in [5, 5.41) is 9.20. The van der Waals surface area contributed by atoms with E-state index in [9.17, 15) is 0 Å². The van der Waals surface area contributed by atoms with Gasteiger partial charge in [0, 0.05) is 11.5 Å². The van der Waals surface area contributed by atoms with Crippen molar-refractivity contribution in [3.05, 3.63) is 23.9 Å². The zero-order valence-corrected chi connectivity index (χ0v) is 10.5. The predicted octanol–water partition coefficient (Wildman–Crippen LogP) is 2.77. The average molecular weight is 232 g/mol. The van der Waals surface area contributed by atoms with Crippen LogP contribution in [0.15, 0.2) is 18.3 Å². The number of fused-ring (bicyclic) bond motifs is 1. The standard InChI is InChI=1S/C13H16N2O2/c1-8(2)10-7-14-15-11-6-13(17-4)12(16-3)5-9(10)11/h5-8H,1-4H3. The highest BCUT2D eigenvalue weighted by molar-refractivity contribution is 5.85. The van der Waals surface area contributed by atoms with Crippen LogP contribution in [-0.2, 0) is 0 Å². The van der Waals surface area contributed by atoms with E-state index in [0.29, 0.717) is 11.7 Å². The fourth-order valence-electron chi connectivity index (χ4n) is 1.87. The first-order valence-electron chi connectivity index (χ1n) is 5.54. The summed E-state index contributed by atoms with van der Waals surface area (Å²) in [7, 11) is 3.25. The van der Waals surface area contributed by atoms with Gasteiger partial charge in [0.1, 0.15) is 0 Å². The SMILES string of the molecule is COc1cc2nncc(C(C)C)c2cc1OC. The number of nitrogens with zero attached hydrogens (tertiary/aromatic N) is 2. The highest BCUT2D eigenvalue weighted by Gasteiger charge is 2.11. The minimum atomic E-state index is 0.395. The monoisotopic (exact) mass is 232 g/mol. The van der Waals surface area contributed by atoms with Gasteiger partial charge in [-0.1, -0.05) is 13.8 Å². The molecule has 2 rings (SSSR count). The molecule has 0 bridgehead atoms. The molecular formula is C13H16N2O2. The van der Waals surface area contributed by atoms with Crippen molar-refractivity contribution in [2.45, 2.75) is 19.8 Å². The Hall–Kier alpha value is -1.84. The Labute approximate surface area is 101 Å². The van der Waals surface area contributed by atoms with Crippen molar-refractivity contribution in [1.29, 1.82) is 0 Å². The van der Waals surface area contributed by atoms with Crippen molar-refractivity contribution in [3.63, 3.8) is 0 Å². The lowest BCUT2D eigenvalue weighted by atomic mass is 10.0. The largest absolute Gasteiger partial charge is 0.493 e. The zero-order valence-electron chi connectivity index (χ0n) is 10.5. The number of aromatic nitrogens is 2. The van der Waals surface area contributed by atoms with Crippen molar-refractivity contribution in [1.82, 2.24) is 10.2 Å². The average Bonchev–Trinajstić information content (AvgIpc) is 2.35. The van der Waals surface area contributed by atoms with Crippen LogP contribution in [0, 0.1) is 0 Å². The van der Waals surface area contributed by atoms with Crippen LogP contribution < -0.4 is 9.47 Å². The number of benzene rings is 1. The van der Waals surface area contributed by atoms with Crippen LogP contribution in [-0.4, -0.2) is 24.4 Å². The third-order valence-electron chi connectivity index (χ3n) is 2.80. The van der Waals surface area contributed by atoms with Gasteiger partial charge < -0.3 is 9.47 Å². The molecule has 0 aliphatic rings. The normalized spacial score (nSPS) is 10.9. The van der Waals surface area contributed by atoms with Crippen LogP contribution in [0.4, 0.5) is 0 Å². The van der Waals surface area contributed by atoms with Gasteiger partial charge in [0.05, 0.1) is 25.9 Å². The number of hydrogen-bond acceptors (Lipinski definition) is 4. The van der Waals surface area contributed by atoms with E-state index in [1.807, 2.05) is 12.1 Å². The van der Waals surface area contributed by atoms with Crippen LogP contribution in [0.5, 0.6) is 11.5 Å². The molecular weight excluding hydrogens is 216 g/mol. The van der Waals surface area contributed by atoms with Gasteiger partial charge in [0.2, 0.25) is 0 Å². The lowest BCUT2D eigenvalue weighted by Gasteiger charge is -2.12. The molecule has 90 valence electrons. The van der Waals surface area contributed by atoms with Crippen LogP contribution >= 0.6 is 0 Å². The van der Waals surface area contributed by atoms with Crippen LogP contribution in [0.1, 0.15) is 25.3 Å². The van der Waals surface area contributed by atoms with Crippen molar-refractivity contribution in [2.24, 2.45) is 0 Å². The molecule has 0 aliphatic heterocycles. The Balaban J connectivity index is 2.73. The molecule has 2 aromatic rings. The maximum atomic E-state index is 5.31. The summed E-state index contributed by atoms with van der Waals surface area (Å²) >= 11 is 0. The van der Waals surface area contributed by atoms with Crippen LogP contribution in [0.3, 0.4) is 0 Å². The number of rotatable bonds is 3. The van der Waals surface area contributed by atoms with Gasteiger partial charge in [0.25, 0.3) is 0 Å². The summed E-state index contributed by atoms with van der Waals surface area (Å²) in [6.45, 7) is 4.26. The Morgan fingerprint density at radius 1 is 1.06 bits per heavy atom. The molecule has 0 radical (unpaired) electrons. The van der Waals surface area contributed by atoms with Crippen molar-refractivity contribution in [3.8, 4) is 11.5 Å². The van der Waals surface area contributed by atoms with E-state index in [1.165, 1.54) is 0 Å². The van der Waals surface area contributed by atoms with E-state index >= 15 is 0 Å². The fraction of sp³-hybridized carbons (Fsp3) is 0.385. The molecule has 0 saturated carbocycles. The van der Waals surface area contributed by atoms with Crippen molar-refractivity contribution in [2.75, 3.05) is 14.2 Å². The predicted molar refractivity (Wildman–Crippen MR) is 66.7 cm³/mol. The van der Waals surface area contributed by atoms with Gasteiger partial charge in [-0.15, -0.1) is 0 Å². The molecule has 1 heterocycles. The maximum Gasteiger partial charge on any atom is 0.162 e. The molecule has 1 aromatic heterocycles. The molecule has 4 nitrogen and oxygen atoms in total. The van der Waals surface area contributed by atoms with E-state index in [0.717, 1.165) is 22.2 Å². The highest BCUT2D eigenvalue weighted by atomic mass is 16.5. The summed E-state index contributed by atoms with van der Waals surface area (Å²) in [6, 6.07) is 3.81. The molecule has 0 saturated heterocycles. The summed E-state index contributed by atoms with van der Waals surface area (Å²) in [5.74, 6) is 1.79. The molecule has 0 amide bonds. The van der Waals surface area contributed by atoms with Crippen molar-refractivity contribution < 1.29 is 9.47 Å². The molecule has 17 heavy (non-hydrogen) atoms. The summed E-state index contributed by atoms with van der Waals surface area (Å²) in [6.07, 6.45) is 1.80. The van der Waals surface area contributed by atoms with Crippen molar-refractivity contribution >= 4 is 10.9 Å². The Morgan fingerprint density at radius 3 is 2.29 bits per heavy atom. The van der Waals surface area contributed by atoms with Gasteiger partial charge in [-0.3, -0.25) is 0 Å². The van der Waals surface area contributed by atoms with Gasteiger partial charge in [-0.2, -0.15) is 10.2 Å². The smallest absolute Gasteiger partial charge is 0.162 e. The first-order valence-corrected chi connectivity index (χ1v) is 5.54. The topological polar surface area (TPSA) is 44.2 Å². The molecule has 0 aliphatic carbocycles. The van der Waals surface area contributed by atoms with E-state index in [4.69, 9.17) is 9.47 Å². The van der Waals surface area contributed by atoms with E-state index in [-0.39, 0.29) is 0 Å². The van der Waals surface area contributed by atoms with E-state index in [2.05, 4.69) is 24.0 Å². The first-order chi connectivity index (χ1) is 8.17. The molecule has 0 N–H and O–H groups in total. The van der Waals surface area contributed by atoms with Gasteiger partial charge in [-0.05, 0) is 17.5 Å². The number of methoxy groups -OCH3 is 2. The molecule has 0 spiro atoms. The molecule has 0 unspecified atom stereocenters. The Kier molecular flexibility index (Phi) is 3.13. The Bertz CT molecular complexity index is 538. The van der Waals surface area contributed by atoms with Crippen LogP contribution in [0.2, 0.25) is 0 Å². The molecule has 1 aromatic carbocycles. The lowest BCUT2D eigenvalue weighted by molar-refractivity contribution is 0.355. The van der Waals surface area contributed by atoms with Gasteiger partial charge in [0.15, 0.2) is 11.5 Å². The lowest BCUT2D eigenvalue weighted by Crippen LogP contribution is -1.97. The number of ether oxygens (including phenoxy) is 2. The first kappa shape index (κ1) is 11.6. The fourth-order valence-corrected chi connectivity index (χ4v) is 1.87. The minimum absolute atomic E-state index is 0.395. The maximum absolute atomic E-state index is 5.31. The van der Waals surface area contributed by atoms with Gasteiger partial charge in [-0.25, -0.2) is 0 Å². The van der Waals surface area contributed by atoms with Gasteiger partial charge >= 0.3 is 0 Å². The summed E-state index contributed by atoms with van der Waals surface area (Å²) in [5.41, 5.74) is 1.99. The van der Waals surface area contributed by atoms with Crippen LogP contribution in [0.25, 0.3) is 10.9 Å². The second-order valence-electron chi connectivity index (χ2n) is 4.18. The Morgan fingerprint density at radius 2 is 1.71 bits per heavy atom. The second kappa shape index (κ2) is 4.57. The third kappa shape index (κ3) is 2.02.